The zero-order chi connectivity index (χ0) is 14.5. The lowest BCUT2D eigenvalue weighted by atomic mass is 10.3. The van der Waals surface area contributed by atoms with E-state index in [9.17, 15) is 4.79 Å². The fraction of sp³-hybridized carbons (Fsp3) is 0.0714. The van der Waals surface area contributed by atoms with Crippen molar-refractivity contribution in [2.45, 2.75) is 0 Å². The molecule has 4 nitrogen and oxygen atoms in total. The third-order valence-corrected chi connectivity index (χ3v) is 3.25. The molecule has 0 aliphatic heterocycles. The number of anilines is 2. The van der Waals surface area contributed by atoms with Gasteiger partial charge in [0.25, 0.3) is 5.91 Å². The average molecular weight is 356 g/mol. The van der Waals surface area contributed by atoms with Crippen molar-refractivity contribution in [3.63, 3.8) is 0 Å². The van der Waals surface area contributed by atoms with Gasteiger partial charge in [0, 0.05) is 10.7 Å². The Balaban J connectivity index is 1.97. The van der Waals surface area contributed by atoms with Crippen LogP contribution in [0.2, 0.25) is 5.02 Å². The molecule has 6 heteroatoms. The molecule has 3 N–H and O–H groups in total. The quantitative estimate of drug-likeness (QED) is 0.822. The smallest absolute Gasteiger partial charge is 0.262 e. The second kappa shape index (κ2) is 6.63. The van der Waals surface area contributed by atoms with E-state index in [2.05, 4.69) is 21.2 Å². The van der Waals surface area contributed by atoms with E-state index >= 15 is 0 Å². The number of carbonyl (C=O) groups excluding carboxylic acids is 1. The van der Waals surface area contributed by atoms with Gasteiger partial charge in [-0.25, -0.2) is 0 Å². The first-order valence-electron chi connectivity index (χ1n) is 5.78. The lowest BCUT2D eigenvalue weighted by molar-refractivity contribution is -0.118. The predicted molar refractivity (Wildman–Crippen MR) is 84.1 cm³/mol. The van der Waals surface area contributed by atoms with Crippen molar-refractivity contribution in [2.24, 2.45) is 0 Å². The molecular weight excluding hydrogens is 344 g/mol. The zero-order valence-corrected chi connectivity index (χ0v) is 12.7. The molecule has 0 saturated carbocycles. The van der Waals surface area contributed by atoms with Crippen molar-refractivity contribution in [3.05, 3.63) is 52.0 Å². The van der Waals surface area contributed by atoms with Gasteiger partial charge >= 0.3 is 0 Å². The number of hydrogen-bond acceptors (Lipinski definition) is 3. The largest absolute Gasteiger partial charge is 0.480 e. The highest BCUT2D eigenvalue weighted by molar-refractivity contribution is 9.10. The number of nitrogens with two attached hydrogens (primary N) is 1. The molecule has 0 heterocycles. The number of rotatable bonds is 4. The molecule has 2 rings (SSSR count). The molecule has 1 amide bonds. The van der Waals surface area contributed by atoms with Crippen LogP contribution in [0, 0.1) is 0 Å². The first-order chi connectivity index (χ1) is 9.56. The number of carbonyl (C=O) groups is 1. The minimum atomic E-state index is -0.266. The van der Waals surface area contributed by atoms with Crippen molar-refractivity contribution < 1.29 is 9.53 Å². The maximum atomic E-state index is 11.8. The normalized spacial score (nSPS) is 10.1. The van der Waals surface area contributed by atoms with Crippen molar-refractivity contribution in [3.8, 4) is 5.75 Å². The van der Waals surface area contributed by atoms with Gasteiger partial charge in [0.15, 0.2) is 12.4 Å². The summed E-state index contributed by atoms with van der Waals surface area (Å²) in [6.07, 6.45) is 0. The van der Waals surface area contributed by atoms with E-state index in [1.165, 1.54) is 0 Å². The molecule has 20 heavy (non-hydrogen) atoms. The summed E-state index contributed by atoms with van der Waals surface area (Å²) in [7, 11) is 0. The zero-order valence-electron chi connectivity index (χ0n) is 10.4. The minimum Gasteiger partial charge on any atom is -0.480 e. The predicted octanol–water partition coefficient (Wildman–Crippen LogP) is 3.70. The second-order valence-corrected chi connectivity index (χ2v) is 5.30. The van der Waals surface area contributed by atoms with Crippen LogP contribution in [0.4, 0.5) is 11.4 Å². The third kappa shape index (κ3) is 3.88. The summed E-state index contributed by atoms with van der Waals surface area (Å²) in [6, 6.07) is 12.4. The number of ether oxygens (including phenoxy) is 1. The Morgan fingerprint density at radius 2 is 2.00 bits per heavy atom. The highest BCUT2D eigenvalue weighted by atomic mass is 79.9. The van der Waals surface area contributed by atoms with Gasteiger partial charge in [-0.1, -0.05) is 29.8 Å². The molecule has 104 valence electrons. The van der Waals surface area contributed by atoms with E-state index in [0.29, 0.717) is 26.6 Å². The number of halogens is 2. The van der Waals surface area contributed by atoms with Crippen molar-refractivity contribution in [2.75, 3.05) is 17.7 Å². The standard InChI is InChI=1S/C14H12BrClN2O2/c15-11-6-9(16)7-12(17)14(11)20-8-13(19)18-10-4-2-1-3-5-10/h1-7H,8,17H2,(H,18,19). The van der Waals surface area contributed by atoms with Crippen LogP contribution in [0.25, 0.3) is 0 Å². The summed E-state index contributed by atoms with van der Waals surface area (Å²) in [6.45, 7) is -0.140. The fourth-order valence-corrected chi connectivity index (χ4v) is 2.54. The summed E-state index contributed by atoms with van der Waals surface area (Å²) in [5, 5.41) is 3.21. The molecule has 0 fully saturated rings. The number of nitrogen functional groups attached to an aromatic ring is 1. The minimum absolute atomic E-state index is 0.140. The molecule has 0 aliphatic carbocycles. The van der Waals surface area contributed by atoms with Gasteiger partial charge in [-0.15, -0.1) is 0 Å². The molecular formula is C14H12BrClN2O2. The number of hydrogen-bond donors (Lipinski definition) is 2. The monoisotopic (exact) mass is 354 g/mol. The van der Waals surface area contributed by atoms with Crippen molar-refractivity contribution in [1.29, 1.82) is 0 Å². The number of nitrogens with one attached hydrogen (secondary N) is 1. The molecule has 2 aromatic rings. The Hall–Kier alpha value is -1.72. The van der Waals surface area contributed by atoms with Gasteiger partial charge in [0.2, 0.25) is 0 Å². The van der Waals surface area contributed by atoms with Gasteiger partial charge in [-0.3, -0.25) is 4.79 Å². The number of benzene rings is 2. The van der Waals surface area contributed by atoms with Crippen molar-refractivity contribution in [1.82, 2.24) is 0 Å². The molecule has 2 aromatic carbocycles. The molecule has 0 bridgehead atoms. The fourth-order valence-electron chi connectivity index (χ4n) is 1.59. The van der Waals surface area contributed by atoms with Crippen LogP contribution in [-0.2, 0) is 4.79 Å². The van der Waals surface area contributed by atoms with Gasteiger partial charge in [-0.2, -0.15) is 0 Å². The van der Waals surface area contributed by atoms with Crippen LogP contribution in [-0.4, -0.2) is 12.5 Å². The highest BCUT2D eigenvalue weighted by Crippen LogP contribution is 2.34. The summed E-state index contributed by atoms with van der Waals surface area (Å²) in [4.78, 5) is 11.8. The van der Waals surface area contributed by atoms with E-state index in [-0.39, 0.29) is 12.5 Å². The summed E-state index contributed by atoms with van der Waals surface area (Å²) in [5.74, 6) is 0.134. The van der Waals surface area contributed by atoms with E-state index < -0.39 is 0 Å². The van der Waals surface area contributed by atoms with Crippen LogP contribution in [0.3, 0.4) is 0 Å². The Kier molecular flexibility index (Phi) is 4.87. The first-order valence-corrected chi connectivity index (χ1v) is 6.95. The Bertz CT molecular complexity index is 597. The van der Waals surface area contributed by atoms with Gasteiger partial charge in [-0.05, 0) is 40.2 Å². The maximum absolute atomic E-state index is 11.8. The SMILES string of the molecule is Nc1cc(Cl)cc(Br)c1OCC(=O)Nc1ccccc1. The second-order valence-electron chi connectivity index (χ2n) is 4.01. The molecule has 0 spiro atoms. The van der Waals surface area contributed by atoms with Crippen LogP contribution >= 0.6 is 27.5 Å². The van der Waals surface area contributed by atoms with E-state index in [4.69, 9.17) is 22.1 Å². The van der Waals surface area contributed by atoms with Crippen LogP contribution in [0.5, 0.6) is 5.75 Å². The maximum Gasteiger partial charge on any atom is 0.262 e. The van der Waals surface area contributed by atoms with Gasteiger partial charge < -0.3 is 15.8 Å². The third-order valence-electron chi connectivity index (χ3n) is 2.44. The van der Waals surface area contributed by atoms with E-state index in [1.54, 1.807) is 24.3 Å². The lowest BCUT2D eigenvalue weighted by Crippen LogP contribution is -2.20. The molecule has 0 aliphatic rings. The molecule has 0 saturated heterocycles. The highest BCUT2D eigenvalue weighted by Gasteiger charge is 2.10. The van der Waals surface area contributed by atoms with Gasteiger partial charge in [0.05, 0.1) is 10.2 Å². The summed E-state index contributed by atoms with van der Waals surface area (Å²) in [5.41, 5.74) is 6.87. The van der Waals surface area contributed by atoms with Gasteiger partial charge in [0.1, 0.15) is 0 Å². The molecule has 0 unspecified atom stereocenters. The summed E-state index contributed by atoms with van der Waals surface area (Å²) >= 11 is 9.14. The number of para-hydroxylation sites is 1. The van der Waals surface area contributed by atoms with Crippen LogP contribution < -0.4 is 15.8 Å². The Morgan fingerprint density at radius 3 is 2.65 bits per heavy atom. The molecule has 0 atom stereocenters. The van der Waals surface area contributed by atoms with E-state index in [1.807, 2.05) is 18.2 Å². The Morgan fingerprint density at radius 1 is 1.30 bits per heavy atom. The van der Waals surface area contributed by atoms with Crippen LogP contribution in [0.1, 0.15) is 0 Å². The summed E-state index contributed by atoms with van der Waals surface area (Å²) < 4.78 is 6.02. The molecule has 0 radical (unpaired) electrons. The topological polar surface area (TPSA) is 64.3 Å². The lowest BCUT2D eigenvalue weighted by Gasteiger charge is -2.11. The number of amides is 1. The van der Waals surface area contributed by atoms with E-state index in [0.717, 1.165) is 0 Å². The van der Waals surface area contributed by atoms with Crippen LogP contribution in [0.15, 0.2) is 46.9 Å². The first kappa shape index (κ1) is 14.7. The molecule has 0 aromatic heterocycles. The Labute approximate surface area is 130 Å². The average Bonchev–Trinajstić information content (AvgIpc) is 2.38. The van der Waals surface area contributed by atoms with Crippen molar-refractivity contribution >= 4 is 44.8 Å².